The Balaban J connectivity index is 1.62. The molecular formula is C17H14F6N2O2S. The number of carbonyl (C=O) groups is 1. The molecule has 1 aromatic heterocycles. The lowest BCUT2D eigenvalue weighted by molar-refractivity contribution is -0.139. The molecule has 152 valence electrons. The maximum absolute atomic E-state index is 13.0. The van der Waals surface area contributed by atoms with E-state index in [-0.39, 0.29) is 10.9 Å². The quantitative estimate of drug-likeness (QED) is 0.514. The Labute approximate surface area is 159 Å². The number of piperidine rings is 1. The summed E-state index contributed by atoms with van der Waals surface area (Å²) in [6, 6.07) is 4.93. The second-order valence-corrected chi connectivity index (χ2v) is 7.14. The molecule has 2 aromatic rings. The summed E-state index contributed by atoms with van der Waals surface area (Å²) < 4.78 is 82.1. The van der Waals surface area contributed by atoms with Crippen LogP contribution in [0.2, 0.25) is 0 Å². The number of ether oxygens (including phenoxy) is 1. The summed E-state index contributed by atoms with van der Waals surface area (Å²) in [4.78, 5) is 16.3. The van der Waals surface area contributed by atoms with Gasteiger partial charge in [-0.15, -0.1) is 0 Å². The third kappa shape index (κ3) is 4.57. The zero-order chi connectivity index (χ0) is 20.5. The molecule has 4 nitrogen and oxygen atoms in total. The molecule has 1 aromatic carbocycles. The van der Waals surface area contributed by atoms with Gasteiger partial charge in [0, 0.05) is 25.9 Å². The SMILES string of the molecule is O=C(c1cnc(N2CCC(Oc3ccccc3C(F)(F)F)CC2)s1)C(F)(F)F. The highest BCUT2D eigenvalue weighted by atomic mass is 32.1. The van der Waals surface area contributed by atoms with E-state index in [2.05, 4.69) is 4.98 Å². The summed E-state index contributed by atoms with van der Waals surface area (Å²) in [5, 5.41) is 0.266. The van der Waals surface area contributed by atoms with Gasteiger partial charge < -0.3 is 9.64 Å². The molecule has 11 heteroatoms. The summed E-state index contributed by atoms with van der Waals surface area (Å²) in [5.74, 6) is -2.20. The fraction of sp³-hybridized carbons (Fsp3) is 0.412. The van der Waals surface area contributed by atoms with E-state index in [4.69, 9.17) is 4.74 Å². The lowest BCUT2D eigenvalue weighted by Gasteiger charge is -2.32. The van der Waals surface area contributed by atoms with Crippen LogP contribution in [0.3, 0.4) is 0 Å². The molecule has 0 radical (unpaired) electrons. The molecule has 1 saturated heterocycles. The number of hydrogen-bond donors (Lipinski definition) is 0. The van der Waals surface area contributed by atoms with Crippen molar-refractivity contribution in [3.63, 3.8) is 0 Å². The molecule has 0 N–H and O–H groups in total. The lowest BCUT2D eigenvalue weighted by atomic mass is 10.1. The number of halogens is 6. The van der Waals surface area contributed by atoms with Crippen LogP contribution in [0, 0.1) is 0 Å². The number of anilines is 1. The van der Waals surface area contributed by atoms with Crippen LogP contribution in [0.4, 0.5) is 31.5 Å². The highest BCUT2D eigenvalue weighted by molar-refractivity contribution is 7.17. The smallest absolute Gasteiger partial charge is 0.455 e. The molecule has 0 amide bonds. The van der Waals surface area contributed by atoms with E-state index in [0.29, 0.717) is 37.3 Å². The number of aromatic nitrogens is 1. The van der Waals surface area contributed by atoms with Crippen LogP contribution < -0.4 is 9.64 Å². The van der Waals surface area contributed by atoms with Gasteiger partial charge in [-0.2, -0.15) is 26.3 Å². The largest absolute Gasteiger partial charge is 0.490 e. The van der Waals surface area contributed by atoms with E-state index in [1.165, 1.54) is 18.2 Å². The van der Waals surface area contributed by atoms with E-state index in [1.807, 2.05) is 0 Å². The number of benzene rings is 1. The van der Waals surface area contributed by atoms with Crippen LogP contribution in [0.1, 0.15) is 28.1 Å². The Morgan fingerprint density at radius 2 is 1.75 bits per heavy atom. The maximum atomic E-state index is 13.0. The van der Waals surface area contributed by atoms with Crippen molar-refractivity contribution in [2.45, 2.75) is 31.3 Å². The Bertz CT molecular complexity index is 841. The van der Waals surface area contributed by atoms with Gasteiger partial charge in [0.05, 0.1) is 11.8 Å². The van der Waals surface area contributed by atoms with Gasteiger partial charge in [-0.3, -0.25) is 4.79 Å². The average Bonchev–Trinajstić information content (AvgIpc) is 3.10. The number of ketones is 1. The molecule has 1 fully saturated rings. The van der Waals surface area contributed by atoms with Crippen molar-refractivity contribution < 1.29 is 35.9 Å². The second kappa shape index (κ2) is 7.61. The van der Waals surface area contributed by atoms with Gasteiger partial charge in [-0.25, -0.2) is 4.98 Å². The third-order valence-electron chi connectivity index (χ3n) is 4.17. The van der Waals surface area contributed by atoms with Crippen molar-refractivity contribution >= 4 is 22.3 Å². The molecule has 0 saturated carbocycles. The minimum atomic E-state index is -4.96. The number of hydrogen-bond acceptors (Lipinski definition) is 5. The first kappa shape index (κ1) is 20.4. The summed E-state index contributed by atoms with van der Waals surface area (Å²) >= 11 is 0.641. The predicted octanol–water partition coefficient (Wildman–Crippen LogP) is 4.95. The van der Waals surface area contributed by atoms with Gasteiger partial charge in [-0.1, -0.05) is 23.5 Å². The monoisotopic (exact) mass is 424 g/mol. The number of nitrogens with zero attached hydrogens (tertiary/aromatic N) is 2. The molecule has 28 heavy (non-hydrogen) atoms. The normalized spacial score (nSPS) is 16.3. The standard InChI is InChI=1S/C17H14F6N2O2S/c18-16(19,20)11-3-1-2-4-12(11)27-10-5-7-25(8-6-10)15-24-9-13(28-15)14(26)17(21,22)23/h1-4,9-10H,5-8H2. The Morgan fingerprint density at radius 3 is 2.36 bits per heavy atom. The molecule has 1 aliphatic heterocycles. The highest BCUT2D eigenvalue weighted by Crippen LogP contribution is 2.37. The molecular weight excluding hydrogens is 410 g/mol. The van der Waals surface area contributed by atoms with E-state index < -0.39 is 34.7 Å². The highest BCUT2D eigenvalue weighted by Gasteiger charge is 2.41. The van der Waals surface area contributed by atoms with Crippen LogP contribution in [0.5, 0.6) is 5.75 Å². The molecule has 0 spiro atoms. The first-order chi connectivity index (χ1) is 13.1. The fourth-order valence-corrected chi connectivity index (χ4v) is 3.73. The molecule has 3 rings (SSSR count). The van der Waals surface area contributed by atoms with Crippen LogP contribution in [0.25, 0.3) is 0 Å². The van der Waals surface area contributed by atoms with Gasteiger partial charge >= 0.3 is 12.4 Å². The Kier molecular flexibility index (Phi) is 5.55. The minimum Gasteiger partial charge on any atom is -0.490 e. The first-order valence-electron chi connectivity index (χ1n) is 8.21. The number of carbonyl (C=O) groups excluding carboxylic acids is 1. The molecule has 0 aliphatic carbocycles. The number of para-hydroxylation sites is 1. The van der Waals surface area contributed by atoms with Gasteiger partial charge in [0.25, 0.3) is 5.78 Å². The van der Waals surface area contributed by atoms with Crippen molar-refractivity contribution in [3.05, 3.63) is 40.9 Å². The van der Waals surface area contributed by atoms with E-state index >= 15 is 0 Å². The van der Waals surface area contributed by atoms with Crippen LogP contribution in [-0.4, -0.2) is 36.1 Å². The maximum Gasteiger partial charge on any atom is 0.455 e. The Morgan fingerprint density at radius 1 is 1.11 bits per heavy atom. The number of thiazole rings is 1. The molecule has 2 heterocycles. The van der Waals surface area contributed by atoms with Gasteiger partial charge in [0.2, 0.25) is 0 Å². The van der Waals surface area contributed by atoms with E-state index in [9.17, 15) is 31.1 Å². The van der Waals surface area contributed by atoms with E-state index in [1.54, 1.807) is 4.90 Å². The first-order valence-corrected chi connectivity index (χ1v) is 9.02. The fourth-order valence-electron chi connectivity index (χ4n) is 2.80. The van der Waals surface area contributed by atoms with Crippen LogP contribution in [-0.2, 0) is 6.18 Å². The zero-order valence-electron chi connectivity index (χ0n) is 14.2. The van der Waals surface area contributed by atoms with Crippen molar-refractivity contribution in [2.24, 2.45) is 0 Å². The molecule has 0 bridgehead atoms. The predicted molar refractivity (Wildman–Crippen MR) is 89.8 cm³/mol. The number of rotatable bonds is 4. The summed E-state index contributed by atoms with van der Waals surface area (Å²) in [5.41, 5.74) is -0.854. The average molecular weight is 424 g/mol. The van der Waals surface area contributed by atoms with Crippen molar-refractivity contribution in [3.8, 4) is 5.75 Å². The van der Waals surface area contributed by atoms with Crippen molar-refractivity contribution in [1.29, 1.82) is 0 Å². The van der Waals surface area contributed by atoms with Gasteiger partial charge in [0.1, 0.15) is 16.7 Å². The van der Waals surface area contributed by atoms with Crippen LogP contribution in [0.15, 0.2) is 30.5 Å². The summed E-state index contributed by atoms with van der Waals surface area (Å²) in [7, 11) is 0. The third-order valence-corrected chi connectivity index (χ3v) is 5.23. The lowest BCUT2D eigenvalue weighted by Crippen LogP contribution is -2.38. The zero-order valence-corrected chi connectivity index (χ0v) is 15.0. The molecule has 0 unspecified atom stereocenters. The molecule has 1 aliphatic rings. The van der Waals surface area contributed by atoms with Gasteiger partial charge in [0.15, 0.2) is 5.13 Å². The summed E-state index contributed by atoms with van der Waals surface area (Å²) in [6.45, 7) is 0.679. The number of alkyl halides is 6. The summed E-state index contributed by atoms with van der Waals surface area (Å²) in [6.07, 6.45) is -8.33. The second-order valence-electron chi connectivity index (χ2n) is 6.13. The van der Waals surface area contributed by atoms with Crippen LogP contribution >= 0.6 is 11.3 Å². The molecule has 0 atom stereocenters. The minimum absolute atomic E-state index is 0.249. The topological polar surface area (TPSA) is 42.4 Å². The Hall–Kier alpha value is -2.30. The van der Waals surface area contributed by atoms with Crippen molar-refractivity contribution in [2.75, 3.05) is 18.0 Å². The van der Waals surface area contributed by atoms with Gasteiger partial charge in [-0.05, 0) is 12.1 Å². The van der Waals surface area contributed by atoms with Crippen molar-refractivity contribution in [1.82, 2.24) is 4.98 Å². The number of Topliss-reactive ketones (excluding diaryl/α,β-unsaturated/α-hetero) is 1. The van der Waals surface area contributed by atoms with E-state index in [0.717, 1.165) is 12.3 Å².